The average molecular weight is 167 g/mol. The molecular weight excluding hydrogens is 154 g/mol. The first-order valence-corrected chi connectivity index (χ1v) is 5.04. The first-order chi connectivity index (χ1) is 5.40. The van der Waals surface area contributed by atoms with Crippen LogP contribution in [0.15, 0.2) is 12.1 Å². The standard InChI is InChI=1S/C9H13NS/c1-2-7-3-4-9(11-7)8-5-6-10-8/h3-4,8,10H,2,5-6H2,1H3. The molecule has 1 aliphatic heterocycles. The number of nitrogens with one attached hydrogen (secondary N) is 1. The minimum Gasteiger partial charge on any atom is -0.309 e. The van der Waals surface area contributed by atoms with E-state index >= 15 is 0 Å². The van der Waals surface area contributed by atoms with Crippen LogP contribution in [0.2, 0.25) is 0 Å². The average Bonchev–Trinajstić information content (AvgIpc) is 2.32. The molecule has 2 heterocycles. The van der Waals surface area contributed by atoms with Crippen LogP contribution < -0.4 is 5.32 Å². The van der Waals surface area contributed by atoms with E-state index in [0.717, 1.165) is 0 Å². The molecule has 0 spiro atoms. The van der Waals surface area contributed by atoms with Crippen molar-refractivity contribution in [3.63, 3.8) is 0 Å². The van der Waals surface area contributed by atoms with Crippen molar-refractivity contribution in [1.82, 2.24) is 5.32 Å². The second kappa shape index (κ2) is 2.95. The number of aryl methyl sites for hydroxylation is 1. The van der Waals surface area contributed by atoms with Crippen molar-refractivity contribution in [3.8, 4) is 0 Å². The summed E-state index contributed by atoms with van der Waals surface area (Å²) in [5.41, 5.74) is 0. The summed E-state index contributed by atoms with van der Waals surface area (Å²) in [7, 11) is 0. The molecule has 1 fully saturated rings. The van der Waals surface area contributed by atoms with Gasteiger partial charge in [-0.15, -0.1) is 11.3 Å². The van der Waals surface area contributed by atoms with Gasteiger partial charge >= 0.3 is 0 Å². The Balaban J connectivity index is 2.11. The van der Waals surface area contributed by atoms with E-state index in [1.165, 1.54) is 29.1 Å². The minimum atomic E-state index is 0.681. The maximum absolute atomic E-state index is 3.41. The van der Waals surface area contributed by atoms with Gasteiger partial charge in [0.2, 0.25) is 0 Å². The highest BCUT2D eigenvalue weighted by atomic mass is 32.1. The van der Waals surface area contributed by atoms with Crippen LogP contribution in [0.25, 0.3) is 0 Å². The van der Waals surface area contributed by atoms with Gasteiger partial charge in [-0.1, -0.05) is 6.92 Å². The van der Waals surface area contributed by atoms with Gasteiger partial charge < -0.3 is 5.32 Å². The fourth-order valence-electron chi connectivity index (χ4n) is 1.30. The monoisotopic (exact) mass is 167 g/mol. The fourth-order valence-corrected chi connectivity index (χ4v) is 2.37. The highest BCUT2D eigenvalue weighted by molar-refractivity contribution is 7.12. The highest BCUT2D eigenvalue weighted by Gasteiger charge is 2.19. The van der Waals surface area contributed by atoms with Crippen molar-refractivity contribution in [2.24, 2.45) is 0 Å². The number of hydrogen-bond donors (Lipinski definition) is 1. The van der Waals surface area contributed by atoms with E-state index in [4.69, 9.17) is 0 Å². The Morgan fingerprint density at radius 2 is 2.45 bits per heavy atom. The van der Waals surface area contributed by atoms with Crippen LogP contribution in [-0.4, -0.2) is 6.54 Å². The molecule has 2 rings (SSSR count). The lowest BCUT2D eigenvalue weighted by Crippen LogP contribution is -2.34. The Bertz CT molecular complexity index is 237. The van der Waals surface area contributed by atoms with Gasteiger partial charge in [0.05, 0.1) is 0 Å². The van der Waals surface area contributed by atoms with Crippen molar-refractivity contribution in [2.75, 3.05) is 6.54 Å². The van der Waals surface area contributed by atoms with Crippen molar-refractivity contribution in [3.05, 3.63) is 21.9 Å². The molecule has 1 aromatic heterocycles. The maximum atomic E-state index is 3.41. The van der Waals surface area contributed by atoms with Gasteiger partial charge in [0.1, 0.15) is 0 Å². The second-order valence-corrected chi connectivity index (χ2v) is 4.15. The zero-order valence-corrected chi connectivity index (χ0v) is 7.58. The molecule has 11 heavy (non-hydrogen) atoms. The van der Waals surface area contributed by atoms with Gasteiger partial charge in [0.15, 0.2) is 0 Å². The second-order valence-electron chi connectivity index (χ2n) is 2.95. The smallest absolute Gasteiger partial charge is 0.0427 e. The van der Waals surface area contributed by atoms with E-state index < -0.39 is 0 Å². The summed E-state index contributed by atoms with van der Waals surface area (Å²) >= 11 is 1.95. The molecule has 1 N–H and O–H groups in total. The molecule has 0 aliphatic carbocycles. The zero-order chi connectivity index (χ0) is 7.68. The van der Waals surface area contributed by atoms with Gasteiger partial charge in [-0.3, -0.25) is 0 Å². The van der Waals surface area contributed by atoms with Crippen molar-refractivity contribution >= 4 is 11.3 Å². The first-order valence-electron chi connectivity index (χ1n) is 4.22. The molecule has 1 aromatic rings. The van der Waals surface area contributed by atoms with Gasteiger partial charge in [0.25, 0.3) is 0 Å². The summed E-state index contributed by atoms with van der Waals surface area (Å²) in [6.07, 6.45) is 2.50. The van der Waals surface area contributed by atoms with Gasteiger partial charge in [0, 0.05) is 15.8 Å². The SMILES string of the molecule is CCc1ccc(C2CCN2)s1. The third-order valence-electron chi connectivity index (χ3n) is 2.20. The molecule has 1 atom stereocenters. The molecule has 1 aliphatic rings. The molecule has 1 saturated heterocycles. The predicted octanol–water partition coefficient (Wildman–Crippen LogP) is 2.34. The van der Waals surface area contributed by atoms with Crippen LogP contribution in [0.5, 0.6) is 0 Å². The van der Waals surface area contributed by atoms with Gasteiger partial charge in [-0.05, 0) is 31.5 Å². The van der Waals surface area contributed by atoms with Gasteiger partial charge in [-0.2, -0.15) is 0 Å². The maximum Gasteiger partial charge on any atom is 0.0427 e. The molecule has 0 bridgehead atoms. The third kappa shape index (κ3) is 1.33. The number of rotatable bonds is 2. The van der Waals surface area contributed by atoms with Crippen LogP contribution >= 0.6 is 11.3 Å². The number of thiophene rings is 1. The Kier molecular flexibility index (Phi) is 1.96. The summed E-state index contributed by atoms with van der Waals surface area (Å²) in [5.74, 6) is 0. The lowest BCUT2D eigenvalue weighted by molar-refractivity contribution is 0.389. The van der Waals surface area contributed by atoms with E-state index in [2.05, 4.69) is 24.4 Å². The van der Waals surface area contributed by atoms with Crippen LogP contribution in [0.4, 0.5) is 0 Å². The summed E-state index contributed by atoms with van der Waals surface area (Å²) < 4.78 is 0. The van der Waals surface area contributed by atoms with Crippen LogP contribution in [-0.2, 0) is 6.42 Å². The molecule has 0 amide bonds. The van der Waals surface area contributed by atoms with E-state index in [-0.39, 0.29) is 0 Å². The van der Waals surface area contributed by atoms with Crippen LogP contribution in [0, 0.1) is 0 Å². The molecule has 1 nitrogen and oxygen atoms in total. The van der Waals surface area contributed by atoms with E-state index in [1.807, 2.05) is 11.3 Å². The largest absolute Gasteiger partial charge is 0.309 e. The summed E-state index contributed by atoms with van der Waals surface area (Å²) in [5, 5.41) is 3.41. The predicted molar refractivity (Wildman–Crippen MR) is 49.1 cm³/mol. The Morgan fingerprint density at radius 1 is 1.64 bits per heavy atom. The van der Waals surface area contributed by atoms with Crippen LogP contribution in [0.1, 0.15) is 29.1 Å². The summed E-state index contributed by atoms with van der Waals surface area (Å²) in [6, 6.07) is 5.20. The van der Waals surface area contributed by atoms with Gasteiger partial charge in [-0.25, -0.2) is 0 Å². The third-order valence-corrected chi connectivity index (χ3v) is 3.54. The molecule has 0 aromatic carbocycles. The molecule has 0 saturated carbocycles. The Hall–Kier alpha value is -0.340. The molecule has 1 unspecified atom stereocenters. The minimum absolute atomic E-state index is 0.681. The quantitative estimate of drug-likeness (QED) is 0.713. The Labute approximate surface area is 71.4 Å². The zero-order valence-electron chi connectivity index (χ0n) is 6.76. The van der Waals surface area contributed by atoms with Crippen molar-refractivity contribution in [1.29, 1.82) is 0 Å². The van der Waals surface area contributed by atoms with E-state index in [1.54, 1.807) is 0 Å². The summed E-state index contributed by atoms with van der Waals surface area (Å²) in [4.78, 5) is 3.03. The lowest BCUT2D eigenvalue weighted by atomic mass is 10.1. The lowest BCUT2D eigenvalue weighted by Gasteiger charge is -2.26. The molecule has 60 valence electrons. The first kappa shape index (κ1) is 7.32. The normalized spacial score (nSPS) is 23.2. The van der Waals surface area contributed by atoms with Crippen LogP contribution in [0.3, 0.4) is 0 Å². The van der Waals surface area contributed by atoms with Crippen molar-refractivity contribution in [2.45, 2.75) is 25.8 Å². The summed E-state index contributed by atoms with van der Waals surface area (Å²) in [6.45, 7) is 3.41. The molecular formula is C9H13NS. The Morgan fingerprint density at radius 3 is 2.91 bits per heavy atom. The van der Waals surface area contributed by atoms with Crippen molar-refractivity contribution < 1.29 is 0 Å². The molecule has 0 radical (unpaired) electrons. The topological polar surface area (TPSA) is 12.0 Å². The molecule has 2 heteroatoms. The van der Waals surface area contributed by atoms with E-state index in [0.29, 0.717) is 6.04 Å². The number of hydrogen-bond acceptors (Lipinski definition) is 2. The van der Waals surface area contributed by atoms with E-state index in [9.17, 15) is 0 Å². The highest BCUT2D eigenvalue weighted by Crippen LogP contribution is 2.29. The fraction of sp³-hybridized carbons (Fsp3) is 0.556.